The molecule has 2 nitrogen and oxygen atoms in total. The number of hydrogen-bond acceptors (Lipinski definition) is 2. The second-order valence-electron chi connectivity index (χ2n) is 4.23. The number of nitrogen functional groups attached to an aromatic ring is 1. The van der Waals surface area contributed by atoms with Crippen molar-refractivity contribution in [3.63, 3.8) is 0 Å². The third kappa shape index (κ3) is 3.38. The Morgan fingerprint density at radius 3 is 2.71 bits per heavy atom. The molecule has 0 atom stereocenters. The van der Waals surface area contributed by atoms with Crippen LogP contribution in [-0.4, -0.2) is 6.54 Å². The van der Waals surface area contributed by atoms with Gasteiger partial charge in [-0.05, 0) is 31.0 Å². The van der Waals surface area contributed by atoms with E-state index in [-0.39, 0.29) is 0 Å². The number of benzene rings is 1. The van der Waals surface area contributed by atoms with Crippen LogP contribution in [0.15, 0.2) is 18.2 Å². The summed E-state index contributed by atoms with van der Waals surface area (Å²) < 4.78 is 0. The molecule has 1 aromatic rings. The number of nitrogens with one attached hydrogen (secondary N) is 1. The number of rotatable bonds is 4. The summed E-state index contributed by atoms with van der Waals surface area (Å²) in [7, 11) is 0. The van der Waals surface area contributed by atoms with Crippen molar-refractivity contribution in [3.8, 4) is 0 Å². The van der Waals surface area contributed by atoms with Crippen LogP contribution in [0.25, 0.3) is 0 Å². The average molecular weight is 192 g/mol. The molecular formula is C12H20N2. The lowest BCUT2D eigenvalue weighted by Gasteiger charge is -2.10. The predicted molar refractivity (Wildman–Crippen MR) is 62.1 cm³/mol. The van der Waals surface area contributed by atoms with Crippen LogP contribution in [0.1, 0.15) is 25.0 Å². The van der Waals surface area contributed by atoms with Crippen molar-refractivity contribution in [1.82, 2.24) is 5.32 Å². The van der Waals surface area contributed by atoms with Gasteiger partial charge >= 0.3 is 0 Å². The molecule has 0 radical (unpaired) electrons. The Bertz CT molecular complexity index is 292. The van der Waals surface area contributed by atoms with Crippen LogP contribution in [0.4, 0.5) is 5.69 Å². The smallest absolute Gasteiger partial charge is 0.0359 e. The highest BCUT2D eigenvalue weighted by molar-refractivity contribution is 5.48. The monoisotopic (exact) mass is 192 g/mol. The van der Waals surface area contributed by atoms with Gasteiger partial charge in [-0.15, -0.1) is 0 Å². The first-order valence-corrected chi connectivity index (χ1v) is 5.15. The lowest BCUT2D eigenvalue weighted by molar-refractivity contribution is 0.552. The van der Waals surface area contributed by atoms with Crippen molar-refractivity contribution >= 4 is 5.69 Å². The molecule has 0 fully saturated rings. The van der Waals surface area contributed by atoms with Crippen molar-refractivity contribution in [1.29, 1.82) is 0 Å². The van der Waals surface area contributed by atoms with Crippen LogP contribution < -0.4 is 11.1 Å². The molecule has 0 amide bonds. The topological polar surface area (TPSA) is 38.0 Å². The number of nitrogens with two attached hydrogens (primary N) is 1. The molecule has 78 valence electrons. The molecule has 0 bridgehead atoms. The fourth-order valence-electron chi connectivity index (χ4n) is 1.38. The second kappa shape index (κ2) is 5.01. The van der Waals surface area contributed by atoms with E-state index in [4.69, 9.17) is 5.73 Å². The highest BCUT2D eigenvalue weighted by atomic mass is 14.9. The summed E-state index contributed by atoms with van der Waals surface area (Å²) in [6, 6.07) is 6.16. The lowest BCUT2D eigenvalue weighted by atomic mass is 10.1. The minimum Gasteiger partial charge on any atom is -0.398 e. The summed E-state index contributed by atoms with van der Waals surface area (Å²) in [6.45, 7) is 8.39. The predicted octanol–water partition coefficient (Wildman–Crippen LogP) is 2.32. The van der Waals surface area contributed by atoms with Gasteiger partial charge in [-0.2, -0.15) is 0 Å². The minimum atomic E-state index is 0.682. The highest BCUT2D eigenvalue weighted by Crippen LogP contribution is 2.13. The Hall–Kier alpha value is -1.02. The zero-order valence-corrected chi connectivity index (χ0v) is 9.30. The standard InChI is InChI=1S/C12H20N2/c1-9(2)7-14-8-11-6-10(3)4-5-12(11)13/h4-6,9,14H,7-8,13H2,1-3H3. The Morgan fingerprint density at radius 1 is 1.36 bits per heavy atom. The molecule has 0 heterocycles. The van der Waals surface area contributed by atoms with Crippen LogP contribution in [0, 0.1) is 12.8 Å². The summed E-state index contributed by atoms with van der Waals surface area (Å²) in [4.78, 5) is 0. The van der Waals surface area contributed by atoms with E-state index in [0.29, 0.717) is 5.92 Å². The molecular weight excluding hydrogens is 172 g/mol. The Kier molecular flexibility index (Phi) is 3.96. The fourth-order valence-corrected chi connectivity index (χ4v) is 1.38. The van der Waals surface area contributed by atoms with Crippen LogP contribution in [0.3, 0.4) is 0 Å². The maximum Gasteiger partial charge on any atom is 0.0359 e. The SMILES string of the molecule is Cc1ccc(N)c(CNCC(C)C)c1. The Labute approximate surface area is 86.5 Å². The van der Waals surface area contributed by atoms with Crippen LogP contribution in [0.2, 0.25) is 0 Å². The molecule has 0 spiro atoms. The quantitative estimate of drug-likeness (QED) is 0.718. The van der Waals surface area contributed by atoms with Gasteiger partial charge in [-0.3, -0.25) is 0 Å². The molecule has 2 heteroatoms. The summed E-state index contributed by atoms with van der Waals surface area (Å²) in [5, 5.41) is 3.39. The molecule has 3 N–H and O–H groups in total. The van der Waals surface area contributed by atoms with Crippen LogP contribution in [-0.2, 0) is 6.54 Å². The van der Waals surface area contributed by atoms with E-state index in [1.165, 1.54) is 11.1 Å². The summed E-state index contributed by atoms with van der Waals surface area (Å²) in [6.07, 6.45) is 0. The molecule has 0 aliphatic carbocycles. The van der Waals surface area contributed by atoms with Gasteiger partial charge in [0.1, 0.15) is 0 Å². The van der Waals surface area contributed by atoms with Crippen molar-refractivity contribution in [3.05, 3.63) is 29.3 Å². The van der Waals surface area contributed by atoms with Gasteiger partial charge in [-0.25, -0.2) is 0 Å². The average Bonchev–Trinajstić information content (AvgIpc) is 2.10. The Morgan fingerprint density at radius 2 is 2.07 bits per heavy atom. The first-order valence-electron chi connectivity index (χ1n) is 5.15. The van der Waals surface area contributed by atoms with Crippen LogP contribution in [0.5, 0.6) is 0 Å². The van der Waals surface area contributed by atoms with Gasteiger partial charge in [0.2, 0.25) is 0 Å². The molecule has 0 saturated heterocycles. The zero-order valence-electron chi connectivity index (χ0n) is 9.30. The third-order valence-electron chi connectivity index (χ3n) is 2.17. The Balaban J connectivity index is 2.53. The van der Waals surface area contributed by atoms with Gasteiger partial charge in [0.25, 0.3) is 0 Å². The number of hydrogen-bond donors (Lipinski definition) is 2. The van der Waals surface area contributed by atoms with E-state index in [0.717, 1.165) is 18.8 Å². The van der Waals surface area contributed by atoms with Gasteiger partial charge < -0.3 is 11.1 Å². The molecule has 0 saturated carbocycles. The van der Waals surface area contributed by atoms with Gasteiger partial charge in [-0.1, -0.05) is 31.5 Å². The minimum absolute atomic E-state index is 0.682. The maximum absolute atomic E-state index is 5.87. The van der Waals surface area contributed by atoms with Gasteiger partial charge in [0.05, 0.1) is 0 Å². The van der Waals surface area contributed by atoms with Gasteiger partial charge in [0, 0.05) is 12.2 Å². The number of anilines is 1. The molecule has 0 aliphatic rings. The fraction of sp³-hybridized carbons (Fsp3) is 0.500. The van der Waals surface area contributed by atoms with E-state index in [1.807, 2.05) is 12.1 Å². The third-order valence-corrected chi connectivity index (χ3v) is 2.17. The van der Waals surface area contributed by atoms with Gasteiger partial charge in [0.15, 0.2) is 0 Å². The molecule has 0 aromatic heterocycles. The molecule has 0 aliphatic heterocycles. The van der Waals surface area contributed by atoms with E-state index < -0.39 is 0 Å². The largest absolute Gasteiger partial charge is 0.398 e. The van der Waals surface area contributed by atoms with Crippen molar-refractivity contribution in [2.24, 2.45) is 5.92 Å². The van der Waals surface area contributed by atoms with Crippen molar-refractivity contribution in [2.45, 2.75) is 27.3 Å². The molecule has 0 unspecified atom stereocenters. The highest BCUT2D eigenvalue weighted by Gasteiger charge is 1.99. The summed E-state index contributed by atoms with van der Waals surface area (Å²) in [5.41, 5.74) is 9.21. The van der Waals surface area contributed by atoms with Crippen molar-refractivity contribution < 1.29 is 0 Å². The van der Waals surface area contributed by atoms with E-state index >= 15 is 0 Å². The van der Waals surface area contributed by atoms with E-state index in [1.54, 1.807) is 0 Å². The molecule has 1 rings (SSSR count). The number of aryl methyl sites for hydroxylation is 1. The maximum atomic E-state index is 5.87. The summed E-state index contributed by atoms with van der Waals surface area (Å²) >= 11 is 0. The van der Waals surface area contributed by atoms with E-state index in [2.05, 4.69) is 32.2 Å². The normalized spacial score (nSPS) is 10.9. The molecule has 14 heavy (non-hydrogen) atoms. The summed E-state index contributed by atoms with van der Waals surface area (Å²) in [5.74, 6) is 0.682. The zero-order chi connectivity index (χ0) is 10.6. The lowest BCUT2D eigenvalue weighted by Crippen LogP contribution is -2.19. The molecule has 1 aromatic carbocycles. The van der Waals surface area contributed by atoms with E-state index in [9.17, 15) is 0 Å². The van der Waals surface area contributed by atoms with Crippen molar-refractivity contribution in [2.75, 3.05) is 12.3 Å². The first-order chi connectivity index (χ1) is 6.59. The van der Waals surface area contributed by atoms with Crippen LogP contribution >= 0.6 is 0 Å². The first kappa shape index (κ1) is 11.1. The second-order valence-corrected chi connectivity index (χ2v) is 4.23.